The number of halogens is 3. The summed E-state index contributed by atoms with van der Waals surface area (Å²) in [7, 11) is 0. The first-order valence-electron chi connectivity index (χ1n) is 5.99. The molecule has 0 aliphatic heterocycles. The number of rotatable bonds is 3. The highest BCUT2D eigenvalue weighted by molar-refractivity contribution is 6.35. The van der Waals surface area contributed by atoms with E-state index in [9.17, 15) is 0 Å². The molecule has 1 fully saturated rings. The highest BCUT2D eigenvalue weighted by atomic mass is 35.5. The molecule has 0 radical (unpaired) electrons. The molecule has 0 bridgehead atoms. The lowest BCUT2D eigenvalue weighted by atomic mass is 9.95. The van der Waals surface area contributed by atoms with Crippen molar-refractivity contribution in [2.45, 2.75) is 43.6 Å². The Morgan fingerprint density at radius 3 is 2.41 bits per heavy atom. The fourth-order valence-corrected chi connectivity index (χ4v) is 3.15. The molecule has 0 heterocycles. The van der Waals surface area contributed by atoms with Gasteiger partial charge in [0.25, 0.3) is 0 Å². The Morgan fingerprint density at radius 1 is 1.12 bits per heavy atom. The van der Waals surface area contributed by atoms with Crippen LogP contribution in [0, 0.1) is 0 Å². The van der Waals surface area contributed by atoms with Crippen molar-refractivity contribution in [3.8, 4) is 0 Å². The summed E-state index contributed by atoms with van der Waals surface area (Å²) in [5.74, 6) is 0. The molecule has 1 aliphatic carbocycles. The average molecular weight is 293 g/mol. The minimum absolute atomic E-state index is 0.227. The molecule has 2 rings (SSSR count). The van der Waals surface area contributed by atoms with Gasteiger partial charge in [-0.3, -0.25) is 0 Å². The molecule has 1 aromatic rings. The van der Waals surface area contributed by atoms with Gasteiger partial charge in [-0.25, -0.2) is 0 Å². The van der Waals surface area contributed by atoms with Crippen LogP contribution in [0.2, 0.25) is 10.0 Å². The summed E-state index contributed by atoms with van der Waals surface area (Å²) < 4.78 is 0. The maximum absolute atomic E-state index is 6.30. The molecule has 4 heteroatoms. The van der Waals surface area contributed by atoms with Gasteiger partial charge >= 0.3 is 0 Å². The second-order valence-corrected chi connectivity index (χ2v) is 5.86. The van der Waals surface area contributed by atoms with Gasteiger partial charge in [0.05, 0.1) is 0 Å². The van der Waals surface area contributed by atoms with Crippen LogP contribution in [0.25, 0.3) is 0 Å². The van der Waals surface area contributed by atoms with Crippen LogP contribution in [-0.4, -0.2) is 11.4 Å². The second kappa shape index (κ2) is 6.29. The number of alkyl halides is 1. The molecule has 0 amide bonds. The lowest BCUT2D eigenvalue weighted by Crippen LogP contribution is -2.38. The van der Waals surface area contributed by atoms with E-state index in [-0.39, 0.29) is 5.38 Å². The minimum atomic E-state index is 0.227. The fourth-order valence-electron chi connectivity index (χ4n) is 2.25. The zero-order valence-corrected chi connectivity index (χ0v) is 11.8. The third-order valence-electron chi connectivity index (χ3n) is 3.28. The smallest absolute Gasteiger partial charge is 0.0489 e. The van der Waals surface area contributed by atoms with E-state index in [0.717, 1.165) is 18.4 Å². The molecule has 1 N–H and O–H groups in total. The molecule has 1 saturated carbocycles. The van der Waals surface area contributed by atoms with Crippen LogP contribution in [0.1, 0.15) is 31.2 Å². The summed E-state index contributed by atoms with van der Waals surface area (Å²) in [6.45, 7) is 0.687. The Labute approximate surface area is 117 Å². The standard InChI is InChI=1S/C13H16Cl3N/c14-10-5-3-6-11(15)9(10)8-17-13-7-2-1-4-12(13)16/h3,5-6,12-13,17H,1-2,4,7-8H2. The van der Waals surface area contributed by atoms with Crippen molar-refractivity contribution in [1.29, 1.82) is 0 Å². The van der Waals surface area contributed by atoms with Crippen LogP contribution in [-0.2, 0) is 6.54 Å². The quantitative estimate of drug-likeness (QED) is 0.801. The maximum Gasteiger partial charge on any atom is 0.0489 e. The molecule has 2 atom stereocenters. The summed E-state index contributed by atoms with van der Waals surface area (Å²) in [5, 5.41) is 5.12. The highest BCUT2D eigenvalue weighted by Gasteiger charge is 2.22. The summed E-state index contributed by atoms with van der Waals surface area (Å²) in [6.07, 6.45) is 4.71. The first kappa shape index (κ1) is 13.5. The topological polar surface area (TPSA) is 12.0 Å². The van der Waals surface area contributed by atoms with Gasteiger partial charge in [0.2, 0.25) is 0 Å². The van der Waals surface area contributed by atoms with Gasteiger partial charge in [-0.15, -0.1) is 11.6 Å². The first-order chi connectivity index (χ1) is 8.18. The van der Waals surface area contributed by atoms with Gasteiger partial charge in [-0.1, -0.05) is 42.1 Å². The molecular weight excluding hydrogens is 277 g/mol. The predicted molar refractivity (Wildman–Crippen MR) is 75.2 cm³/mol. The lowest BCUT2D eigenvalue weighted by Gasteiger charge is -2.28. The van der Waals surface area contributed by atoms with Crippen molar-refractivity contribution in [3.05, 3.63) is 33.8 Å². The van der Waals surface area contributed by atoms with Gasteiger partial charge in [-0.2, -0.15) is 0 Å². The van der Waals surface area contributed by atoms with Gasteiger partial charge in [0.1, 0.15) is 0 Å². The average Bonchev–Trinajstić information content (AvgIpc) is 2.30. The van der Waals surface area contributed by atoms with Crippen LogP contribution in [0.4, 0.5) is 0 Å². The lowest BCUT2D eigenvalue weighted by molar-refractivity contribution is 0.378. The third kappa shape index (κ3) is 3.51. The predicted octanol–water partition coefficient (Wildman–Crippen LogP) is 4.63. The minimum Gasteiger partial charge on any atom is -0.308 e. The molecule has 1 nitrogen and oxygen atoms in total. The molecule has 94 valence electrons. The largest absolute Gasteiger partial charge is 0.308 e. The van der Waals surface area contributed by atoms with Gasteiger partial charge < -0.3 is 5.32 Å². The van der Waals surface area contributed by atoms with Gasteiger partial charge in [0.15, 0.2) is 0 Å². The number of nitrogens with one attached hydrogen (secondary N) is 1. The molecule has 2 unspecified atom stereocenters. The Morgan fingerprint density at radius 2 is 1.76 bits per heavy atom. The zero-order chi connectivity index (χ0) is 12.3. The maximum atomic E-state index is 6.30. The SMILES string of the molecule is Clc1cccc(Cl)c1CNC1CCCCC1Cl. The van der Waals surface area contributed by atoms with Crippen LogP contribution in [0.3, 0.4) is 0 Å². The molecule has 1 aromatic carbocycles. The van der Waals surface area contributed by atoms with Gasteiger partial charge in [-0.05, 0) is 25.0 Å². The van der Waals surface area contributed by atoms with E-state index in [2.05, 4.69) is 5.32 Å². The number of benzene rings is 1. The Bertz CT molecular complexity index is 361. The van der Waals surface area contributed by atoms with Crippen LogP contribution in [0.5, 0.6) is 0 Å². The monoisotopic (exact) mass is 291 g/mol. The molecular formula is C13H16Cl3N. The fraction of sp³-hybridized carbons (Fsp3) is 0.538. The van der Waals surface area contributed by atoms with E-state index in [0.29, 0.717) is 22.6 Å². The summed E-state index contributed by atoms with van der Waals surface area (Å²) in [5.41, 5.74) is 0.963. The van der Waals surface area contributed by atoms with Crippen molar-refractivity contribution >= 4 is 34.8 Å². The molecule has 0 spiro atoms. The third-order valence-corrected chi connectivity index (χ3v) is 4.51. The van der Waals surface area contributed by atoms with Crippen LogP contribution in [0.15, 0.2) is 18.2 Å². The summed E-state index contributed by atoms with van der Waals surface area (Å²) in [4.78, 5) is 0. The Hall–Kier alpha value is 0.0500. The normalized spacial score (nSPS) is 24.9. The van der Waals surface area contributed by atoms with E-state index in [4.69, 9.17) is 34.8 Å². The molecule has 1 aliphatic rings. The summed E-state index contributed by atoms with van der Waals surface area (Å²) >= 11 is 18.6. The van der Waals surface area contributed by atoms with Crippen molar-refractivity contribution in [2.24, 2.45) is 0 Å². The van der Waals surface area contributed by atoms with Crippen molar-refractivity contribution in [1.82, 2.24) is 5.32 Å². The molecule has 17 heavy (non-hydrogen) atoms. The van der Waals surface area contributed by atoms with Crippen molar-refractivity contribution in [2.75, 3.05) is 0 Å². The number of hydrogen-bond donors (Lipinski definition) is 1. The highest BCUT2D eigenvalue weighted by Crippen LogP contribution is 2.26. The molecule has 0 saturated heterocycles. The van der Waals surface area contributed by atoms with E-state index >= 15 is 0 Å². The summed E-state index contributed by atoms with van der Waals surface area (Å²) in [6, 6.07) is 5.96. The van der Waals surface area contributed by atoms with E-state index in [1.165, 1.54) is 12.8 Å². The van der Waals surface area contributed by atoms with Crippen LogP contribution >= 0.6 is 34.8 Å². The number of hydrogen-bond acceptors (Lipinski definition) is 1. The van der Waals surface area contributed by atoms with E-state index < -0.39 is 0 Å². The second-order valence-electron chi connectivity index (χ2n) is 4.49. The molecule has 0 aromatic heterocycles. The first-order valence-corrected chi connectivity index (χ1v) is 7.18. The Balaban J connectivity index is 1.97. The van der Waals surface area contributed by atoms with Crippen molar-refractivity contribution in [3.63, 3.8) is 0 Å². The Kier molecular flexibility index (Phi) is 4.98. The van der Waals surface area contributed by atoms with E-state index in [1.807, 2.05) is 18.2 Å². The van der Waals surface area contributed by atoms with Crippen molar-refractivity contribution < 1.29 is 0 Å². The zero-order valence-electron chi connectivity index (χ0n) is 9.56. The van der Waals surface area contributed by atoms with Crippen LogP contribution < -0.4 is 5.32 Å². The van der Waals surface area contributed by atoms with E-state index in [1.54, 1.807) is 0 Å². The van der Waals surface area contributed by atoms with Gasteiger partial charge in [0, 0.05) is 33.6 Å².